The van der Waals surface area contributed by atoms with Crippen LogP contribution in [0.2, 0.25) is 4.34 Å². The van der Waals surface area contributed by atoms with E-state index in [2.05, 4.69) is 20.1 Å². The van der Waals surface area contributed by atoms with Gasteiger partial charge in [0.05, 0.1) is 15.3 Å². The number of thiophene rings is 1. The van der Waals surface area contributed by atoms with Crippen LogP contribution in [0.5, 0.6) is 0 Å². The molecule has 0 unspecified atom stereocenters. The van der Waals surface area contributed by atoms with E-state index in [1.165, 1.54) is 17.8 Å². The van der Waals surface area contributed by atoms with Gasteiger partial charge in [-0.1, -0.05) is 18.0 Å². The number of amides is 1. The van der Waals surface area contributed by atoms with Gasteiger partial charge in [0.2, 0.25) is 0 Å². The molecule has 112 valence electrons. The van der Waals surface area contributed by atoms with Gasteiger partial charge < -0.3 is 9.88 Å². The Hall–Kier alpha value is -1.40. The maximum Gasteiger partial charge on any atom is 0.261 e. The molecule has 0 saturated heterocycles. The summed E-state index contributed by atoms with van der Waals surface area (Å²) in [5.41, 5.74) is 0. The smallest absolute Gasteiger partial charge is 0.261 e. The van der Waals surface area contributed by atoms with Crippen LogP contribution in [0, 0.1) is 0 Å². The first-order valence-electron chi connectivity index (χ1n) is 7.13. The number of nitrogens with one attached hydrogen (secondary N) is 1. The number of halogens is 1. The van der Waals surface area contributed by atoms with Gasteiger partial charge in [-0.3, -0.25) is 4.79 Å². The Morgan fingerprint density at radius 2 is 2.24 bits per heavy atom. The van der Waals surface area contributed by atoms with Crippen molar-refractivity contribution in [2.24, 2.45) is 0 Å². The fraction of sp³-hybridized carbons (Fsp3) is 0.500. The summed E-state index contributed by atoms with van der Waals surface area (Å²) in [6.45, 7) is 2.87. The minimum Gasteiger partial charge on any atom is -0.342 e. The third-order valence-corrected chi connectivity index (χ3v) is 4.90. The molecule has 1 aliphatic heterocycles. The Morgan fingerprint density at radius 3 is 3.00 bits per heavy atom. The first-order valence-corrected chi connectivity index (χ1v) is 8.33. The van der Waals surface area contributed by atoms with Crippen LogP contribution in [-0.4, -0.2) is 20.7 Å². The van der Waals surface area contributed by atoms with Gasteiger partial charge >= 0.3 is 0 Å². The molecular weight excluding hydrogens is 308 g/mol. The molecule has 1 amide bonds. The Balaban J connectivity index is 1.75. The molecule has 0 fully saturated rings. The predicted octanol–water partition coefficient (Wildman–Crippen LogP) is 3.21. The molecule has 1 aliphatic rings. The summed E-state index contributed by atoms with van der Waals surface area (Å²) >= 11 is 7.14. The van der Waals surface area contributed by atoms with Gasteiger partial charge in [-0.15, -0.1) is 21.5 Å². The molecule has 0 aromatic carbocycles. The molecule has 0 spiro atoms. The van der Waals surface area contributed by atoms with Crippen molar-refractivity contribution in [3.63, 3.8) is 0 Å². The first kappa shape index (κ1) is 14.5. The van der Waals surface area contributed by atoms with Crippen molar-refractivity contribution in [3.8, 4) is 0 Å². The summed E-state index contributed by atoms with van der Waals surface area (Å²) in [6, 6.07) is 3.30. The molecule has 21 heavy (non-hydrogen) atoms. The lowest BCUT2D eigenvalue weighted by Crippen LogP contribution is -2.28. The summed E-state index contributed by atoms with van der Waals surface area (Å²) in [5.74, 6) is 1.75. The van der Waals surface area contributed by atoms with Crippen molar-refractivity contribution >= 4 is 28.8 Å². The van der Waals surface area contributed by atoms with Crippen LogP contribution >= 0.6 is 22.9 Å². The van der Waals surface area contributed by atoms with Crippen molar-refractivity contribution in [1.82, 2.24) is 20.1 Å². The molecule has 0 saturated carbocycles. The highest BCUT2D eigenvalue weighted by atomic mass is 35.5. The SMILES string of the molecule is C[C@H](NC(=O)c1ccc(Cl)s1)c1nnc2n1CCCCC2. The Bertz CT molecular complexity index is 651. The molecule has 3 heterocycles. The molecule has 0 aliphatic carbocycles. The van der Waals surface area contributed by atoms with Crippen molar-refractivity contribution < 1.29 is 4.79 Å². The summed E-state index contributed by atoms with van der Waals surface area (Å²) in [6.07, 6.45) is 4.48. The fourth-order valence-electron chi connectivity index (χ4n) is 2.60. The van der Waals surface area contributed by atoms with E-state index in [9.17, 15) is 4.79 Å². The molecule has 0 radical (unpaired) electrons. The minimum atomic E-state index is -0.169. The zero-order chi connectivity index (χ0) is 14.8. The number of carbonyl (C=O) groups is 1. The maximum atomic E-state index is 12.2. The van der Waals surface area contributed by atoms with Gasteiger partial charge in [0.25, 0.3) is 5.91 Å². The third-order valence-electron chi connectivity index (χ3n) is 3.67. The third kappa shape index (κ3) is 3.11. The van der Waals surface area contributed by atoms with Gasteiger partial charge in [-0.25, -0.2) is 0 Å². The van der Waals surface area contributed by atoms with Crippen LogP contribution in [-0.2, 0) is 13.0 Å². The van der Waals surface area contributed by atoms with E-state index in [1.54, 1.807) is 12.1 Å². The maximum absolute atomic E-state index is 12.2. The average Bonchev–Trinajstić information content (AvgIpc) is 2.99. The molecule has 2 aromatic rings. The number of hydrogen-bond acceptors (Lipinski definition) is 4. The summed E-state index contributed by atoms with van der Waals surface area (Å²) < 4.78 is 2.77. The second kappa shape index (κ2) is 6.15. The highest BCUT2D eigenvalue weighted by Gasteiger charge is 2.21. The summed E-state index contributed by atoms with van der Waals surface area (Å²) in [4.78, 5) is 12.8. The lowest BCUT2D eigenvalue weighted by atomic mass is 10.2. The van der Waals surface area contributed by atoms with Crippen molar-refractivity contribution in [2.75, 3.05) is 0 Å². The van der Waals surface area contributed by atoms with Gasteiger partial charge in [0, 0.05) is 13.0 Å². The van der Waals surface area contributed by atoms with Crippen molar-refractivity contribution in [1.29, 1.82) is 0 Å². The molecule has 2 aromatic heterocycles. The van der Waals surface area contributed by atoms with Crippen LogP contribution in [0.3, 0.4) is 0 Å². The number of rotatable bonds is 3. The summed E-state index contributed by atoms with van der Waals surface area (Å²) in [7, 11) is 0. The topological polar surface area (TPSA) is 59.8 Å². The number of fused-ring (bicyclic) bond motifs is 1. The minimum absolute atomic E-state index is 0.120. The van der Waals surface area contributed by atoms with Gasteiger partial charge in [0.1, 0.15) is 5.82 Å². The van der Waals surface area contributed by atoms with Crippen molar-refractivity contribution in [2.45, 2.75) is 45.2 Å². The van der Waals surface area contributed by atoms with E-state index in [0.717, 1.165) is 37.5 Å². The monoisotopic (exact) mass is 324 g/mol. The molecule has 1 atom stereocenters. The van der Waals surface area contributed by atoms with E-state index in [1.807, 2.05) is 6.92 Å². The molecule has 1 N–H and O–H groups in total. The van der Waals surface area contributed by atoms with Crippen molar-refractivity contribution in [3.05, 3.63) is 33.0 Å². The number of hydrogen-bond donors (Lipinski definition) is 1. The zero-order valence-corrected chi connectivity index (χ0v) is 13.4. The number of aromatic nitrogens is 3. The van der Waals surface area contributed by atoms with Crippen LogP contribution < -0.4 is 5.32 Å². The van der Waals surface area contributed by atoms with E-state index < -0.39 is 0 Å². The van der Waals surface area contributed by atoms with E-state index in [0.29, 0.717) is 9.21 Å². The van der Waals surface area contributed by atoms with Gasteiger partial charge in [-0.2, -0.15) is 0 Å². The predicted molar refractivity (Wildman–Crippen MR) is 82.8 cm³/mol. The van der Waals surface area contributed by atoms with Crippen LogP contribution in [0.25, 0.3) is 0 Å². The lowest BCUT2D eigenvalue weighted by molar-refractivity contribution is 0.0941. The average molecular weight is 325 g/mol. The Kier molecular flexibility index (Phi) is 4.26. The summed E-state index contributed by atoms with van der Waals surface area (Å²) in [5, 5.41) is 11.5. The Morgan fingerprint density at radius 1 is 1.38 bits per heavy atom. The number of carbonyl (C=O) groups excluding carboxylic acids is 1. The quantitative estimate of drug-likeness (QED) is 0.943. The fourth-order valence-corrected chi connectivity index (χ4v) is 3.54. The van der Waals surface area contributed by atoms with Gasteiger partial charge in [-0.05, 0) is 31.9 Å². The number of nitrogens with zero attached hydrogens (tertiary/aromatic N) is 3. The molecule has 0 bridgehead atoms. The van der Waals surface area contributed by atoms with E-state index in [4.69, 9.17) is 11.6 Å². The normalized spacial score (nSPS) is 16.1. The van der Waals surface area contributed by atoms with E-state index in [-0.39, 0.29) is 11.9 Å². The molecule has 3 rings (SSSR count). The van der Waals surface area contributed by atoms with Gasteiger partial charge in [0.15, 0.2) is 5.82 Å². The molecular formula is C14H17ClN4OS. The first-order chi connectivity index (χ1) is 10.1. The second-order valence-corrected chi connectivity index (χ2v) is 6.95. The van der Waals surface area contributed by atoms with Crippen LogP contribution in [0.1, 0.15) is 53.5 Å². The zero-order valence-electron chi connectivity index (χ0n) is 11.8. The lowest BCUT2D eigenvalue weighted by Gasteiger charge is -2.14. The largest absolute Gasteiger partial charge is 0.342 e. The van der Waals surface area contributed by atoms with Crippen LogP contribution in [0.4, 0.5) is 0 Å². The van der Waals surface area contributed by atoms with Crippen LogP contribution in [0.15, 0.2) is 12.1 Å². The molecule has 7 heteroatoms. The van der Waals surface area contributed by atoms with E-state index >= 15 is 0 Å². The Labute approximate surface area is 132 Å². The highest BCUT2D eigenvalue weighted by molar-refractivity contribution is 7.17. The highest BCUT2D eigenvalue weighted by Crippen LogP contribution is 2.23. The molecule has 5 nitrogen and oxygen atoms in total. The number of aryl methyl sites for hydroxylation is 1. The standard InChI is InChI=1S/C14H17ClN4OS/c1-9(16-14(20)10-6-7-11(15)21-10)13-18-17-12-5-3-2-4-8-19(12)13/h6-7,9H,2-5,8H2,1H3,(H,16,20)/t9-/m0/s1. The second-order valence-electron chi connectivity index (χ2n) is 5.24.